The number of rotatable bonds is 5. The molecule has 0 unspecified atom stereocenters. The molecular formula is C15H19NO2. The van der Waals surface area contributed by atoms with Crippen molar-refractivity contribution in [2.24, 2.45) is 0 Å². The topological polar surface area (TPSA) is 29.5 Å². The number of hydrogen-bond acceptors (Lipinski definition) is 2. The molecule has 0 N–H and O–H groups in total. The van der Waals surface area contributed by atoms with Crippen LogP contribution in [0.25, 0.3) is 0 Å². The highest BCUT2D eigenvalue weighted by molar-refractivity contribution is 5.75. The summed E-state index contributed by atoms with van der Waals surface area (Å²) in [7, 11) is 1.63. The van der Waals surface area contributed by atoms with Crippen molar-refractivity contribution in [3.05, 3.63) is 54.3 Å². The maximum atomic E-state index is 11.7. The molecule has 1 rings (SSSR count). The van der Waals surface area contributed by atoms with Crippen molar-refractivity contribution in [1.29, 1.82) is 0 Å². The molecule has 3 nitrogen and oxygen atoms in total. The second-order valence-electron chi connectivity index (χ2n) is 3.96. The Balaban J connectivity index is 3.00. The number of amides is 1. The average Bonchev–Trinajstić information content (AvgIpc) is 2.36. The van der Waals surface area contributed by atoms with Crippen molar-refractivity contribution in [1.82, 2.24) is 4.90 Å². The number of carbonyl (C=O) groups excluding carboxylic acids is 1. The summed E-state index contributed by atoms with van der Waals surface area (Å²) >= 11 is 0. The molecule has 0 bridgehead atoms. The smallest absolute Gasteiger partial charge is 0.223 e. The molecule has 1 amide bonds. The molecule has 96 valence electrons. The highest BCUT2D eigenvalue weighted by atomic mass is 16.5. The van der Waals surface area contributed by atoms with Gasteiger partial charge in [0.05, 0.1) is 13.7 Å². The van der Waals surface area contributed by atoms with Crippen molar-refractivity contribution in [3.63, 3.8) is 0 Å². The van der Waals surface area contributed by atoms with Gasteiger partial charge in [-0.15, -0.1) is 0 Å². The molecule has 0 aliphatic rings. The van der Waals surface area contributed by atoms with E-state index in [9.17, 15) is 4.79 Å². The first-order chi connectivity index (χ1) is 8.60. The number of benzene rings is 1. The van der Waals surface area contributed by atoms with Gasteiger partial charge in [-0.2, -0.15) is 0 Å². The Morgan fingerprint density at radius 3 is 2.61 bits per heavy atom. The summed E-state index contributed by atoms with van der Waals surface area (Å²) in [6.07, 6.45) is 3.49. The summed E-state index contributed by atoms with van der Waals surface area (Å²) in [6, 6.07) is 7.69. The monoisotopic (exact) mass is 245 g/mol. The van der Waals surface area contributed by atoms with Crippen LogP contribution in [-0.2, 0) is 11.3 Å². The molecule has 0 spiro atoms. The number of carbonyl (C=O) groups is 1. The highest BCUT2D eigenvalue weighted by Crippen LogP contribution is 2.21. The van der Waals surface area contributed by atoms with Gasteiger partial charge in [0.15, 0.2) is 0 Å². The molecule has 1 aromatic rings. The fraction of sp³-hybridized carbons (Fsp3) is 0.267. The number of nitrogens with zero attached hydrogens (tertiary/aromatic N) is 1. The Morgan fingerprint density at radius 1 is 1.39 bits per heavy atom. The lowest BCUT2D eigenvalue weighted by molar-refractivity contribution is -0.127. The van der Waals surface area contributed by atoms with E-state index in [1.54, 1.807) is 25.0 Å². The maximum absolute atomic E-state index is 11.7. The molecule has 0 heterocycles. The molecule has 0 fully saturated rings. The Labute approximate surface area is 108 Å². The lowest BCUT2D eigenvalue weighted by atomic mass is 10.1. The first-order valence-corrected chi connectivity index (χ1v) is 5.79. The summed E-state index contributed by atoms with van der Waals surface area (Å²) in [4.78, 5) is 13.4. The fourth-order valence-electron chi connectivity index (χ4n) is 1.75. The van der Waals surface area contributed by atoms with E-state index in [0.717, 1.165) is 17.0 Å². The van der Waals surface area contributed by atoms with E-state index in [-0.39, 0.29) is 5.91 Å². The minimum Gasteiger partial charge on any atom is -0.496 e. The molecule has 3 heteroatoms. The molecule has 0 aromatic heterocycles. The van der Waals surface area contributed by atoms with E-state index < -0.39 is 0 Å². The summed E-state index contributed by atoms with van der Waals surface area (Å²) < 4.78 is 5.29. The lowest BCUT2D eigenvalue weighted by Gasteiger charge is -2.22. The Morgan fingerprint density at radius 2 is 2.06 bits per heavy atom. The third-order valence-electron chi connectivity index (χ3n) is 2.69. The zero-order valence-electron chi connectivity index (χ0n) is 11.1. The highest BCUT2D eigenvalue weighted by Gasteiger charge is 2.13. The zero-order chi connectivity index (χ0) is 13.5. The molecule has 0 atom stereocenters. The molecule has 0 saturated carbocycles. The summed E-state index contributed by atoms with van der Waals surface area (Å²) in [5.41, 5.74) is 1.84. The van der Waals surface area contributed by atoms with Crippen LogP contribution in [0.2, 0.25) is 0 Å². The van der Waals surface area contributed by atoms with Crippen molar-refractivity contribution in [2.75, 3.05) is 7.11 Å². The predicted molar refractivity (Wildman–Crippen MR) is 73.2 cm³/mol. The van der Waals surface area contributed by atoms with Gasteiger partial charge in [-0.05, 0) is 19.1 Å². The second kappa shape index (κ2) is 6.64. The van der Waals surface area contributed by atoms with Crippen LogP contribution >= 0.6 is 0 Å². The summed E-state index contributed by atoms with van der Waals surface area (Å²) in [5, 5.41) is 0. The van der Waals surface area contributed by atoms with Crippen LogP contribution in [0.5, 0.6) is 5.75 Å². The Kier molecular flexibility index (Phi) is 5.18. The number of para-hydroxylation sites is 1. The number of ether oxygens (including phenoxy) is 1. The standard InChI is InChI=1S/C15H19NO2/c1-5-8-12(2)16(13(3)17)11-14-9-6-7-10-15(14)18-4/h5-10H,1,11H2,2-4H3/b12-8+. The van der Waals surface area contributed by atoms with E-state index in [1.807, 2.05) is 37.3 Å². The first kappa shape index (κ1) is 14.0. The number of methoxy groups -OCH3 is 1. The van der Waals surface area contributed by atoms with Gasteiger partial charge < -0.3 is 9.64 Å². The van der Waals surface area contributed by atoms with E-state index in [4.69, 9.17) is 4.74 Å². The third kappa shape index (κ3) is 3.48. The Hall–Kier alpha value is -2.03. The van der Waals surface area contributed by atoms with Crippen LogP contribution in [0.1, 0.15) is 19.4 Å². The van der Waals surface area contributed by atoms with Crippen molar-refractivity contribution < 1.29 is 9.53 Å². The van der Waals surface area contributed by atoms with E-state index in [1.165, 1.54) is 0 Å². The maximum Gasteiger partial charge on any atom is 0.223 e. The second-order valence-corrected chi connectivity index (χ2v) is 3.96. The number of hydrogen-bond donors (Lipinski definition) is 0. The minimum absolute atomic E-state index is 0.00324. The van der Waals surface area contributed by atoms with Crippen LogP contribution < -0.4 is 4.74 Å². The van der Waals surface area contributed by atoms with Crippen molar-refractivity contribution in [2.45, 2.75) is 20.4 Å². The fourth-order valence-corrected chi connectivity index (χ4v) is 1.75. The quantitative estimate of drug-likeness (QED) is 0.746. The minimum atomic E-state index is -0.00324. The molecule has 0 aliphatic carbocycles. The van der Waals surface area contributed by atoms with E-state index >= 15 is 0 Å². The largest absolute Gasteiger partial charge is 0.496 e. The molecule has 18 heavy (non-hydrogen) atoms. The lowest BCUT2D eigenvalue weighted by Crippen LogP contribution is -2.26. The first-order valence-electron chi connectivity index (χ1n) is 5.79. The van der Waals surface area contributed by atoms with Crippen LogP contribution in [-0.4, -0.2) is 17.9 Å². The van der Waals surface area contributed by atoms with Crippen LogP contribution in [0.3, 0.4) is 0 Å². The van der Waals surface area contributed by atoms with Gasteiger partial charge in [-0.25, -0.2) is 0 Å². The van der Waals surface area contributed by atoms with Crippen LogP contribution in [0.15, 0.2) is 48.7 Å². The summed E-state index contributed by atoms with van der Waals surface area (Å²) in [6.45, 7) is 7.58. The van der Waals surface area contributed by atoms with Crippen LogP contribution in [0, 0.1) is 0 Å². The van der Waals surface area contributed by atoms with Gasteiger partial charge in [0.2, 0.25) is 5.91 Å². The summed E-state index contributed by atoms with van der Waals surface area (Å²) in [5.74, 6) is 0.784. The molecule has 0 aliphatic heterocycles. The number of allylic oxidation sites excluding steroid dienone is 3. The van der Waals surface area contributed by atoms with Gasteiger partial charge in [0.1, 0.15) is 5.75 Å². The van der Waals surface area contributed by atoms with Crippen LogP contribution in [0.4, 0.5) is 0 Å². The van der Waals surface area contributed by atoms with Gasteiger partial charge in [-0.1, -0.05) is 30.9 Å². The van der Waals surface area contributed by atoms with Gasteiger partial charge >= 0.3 is 0 Å². The van der Waals surface area contributed by atoms with Gasteiger partial charge in [-0.3, -0.25) is 4.79 Å². The average molecular weight is 245 g/mol. The van der Waals surface area contributed by atoms with Crippen molar-refractivity contribution >= 4 is 5.91 Å². The van der Waals surface area contributed by atoms with E-state index in [0.29, 0.717) is 6.54 Å². The van der Waals surface area contributed by atoms with Gasteiger partial charge in [0, 0.05) is 18.2 Å². The molecular weight excluding hydrogens is 226 g/mol. The molecule has 0 saturated heterocycles. The van der Waals surface area contributed by atoms with E-state index in [2.05, 4.69) is 6.58 Å². The van der Waals surface area contributed by atoms with Crippen molar-refractivity contribution in [3.8, 4) is 5.75 Å². The normalized spacial score (nSPS) is 10.9. The Bertz CT molecular complexity index is 463. The third-order valence-corrected chi connectivity index (χ3v) is 2.69. The van der Waals surface area contributed by atoms with Gasteiger partial charge in [0.25, 0.3) is 0 Å². The predicted octanol–water partition coefficient (Wildman–Crippen LogP) is 3.13. The zero-order valence-corrected chi connectivity index (χ0v) is 11.1. The SMILES string of the molecule is C=C/C=C(\C)N(Cc1ccccc1OC)C(C)=O. The molecule has 1 aromatic carbocycles. The molecule has 0 radical (unpaired) electrons.